The van der Waals surface area contributed by atoms with E-state index in [0.717, 1.165) is 4.48 Å². The third-order valence-electron chi connectivity index (χ3n) is 2.98. The van der Waals surface area contributed by atoms with Crippen LogP contribution in [0.4, 0.5) is 4.39 Å². The first-order valence-corrected chi connectivity index (χ1v) is 7.21. The molecule has 102 valence electrons. The van der Waals surface area contributed by atoms with E-state index in [2.05, 4.69) is 26.0 Å². The van der Waals surface area contributed by atoms with Crippen molar-refractivity contribution < 1.29 is 4.39 Å². The summed E-state index contributed by atoms with van der Waals surface area (Å²) in [6.45, 7) is 0. The molecule has 1 aromatic carbocycles. The molecular weight excluding hydrogens is 345 g/mol. The van der Waals surface area contributed by atoms with Gasteiger partial charge in [0.1, 0.15) is 11.0 Å². The van der Waals surface area contributed by atoms with Crippen LogP contribution in [0.5, 0.6) is 0 Å². The Morgan fingerprint density at radius 1 is 1.35 bits per heavy atom. The Kier molecular flexibility index (Phi) is 3.72. The van der Waals surface area contributed by atoms with Crippen LogP contribution in [0.25, 0.3) is 0 Å². The normalized spacial score (nSPS) is 17.9. The summed E-state index contributed by atoms with van der Waals surface area (Å²) in [6.07, 6.45) is 4.53. The van der Waals surface area contributed by atoms with Crippen LogP contribution < -0.4 is 0 Å². The average molecular weight is 355 g/mol. The van der Waals surface area contributed by atoms with Crippen LogP contribution in [0.1, 0.15) is 12.0 Å². The first-order chi connectivity index (χ1) is 9.65. The molecule has 0 atom stereocenters. The van der Waals surface area contributed by atoms with Crippen molar-refractivity contribution in [2.45, 2.75) is 12.8 Å². The molecule has 0 radical (unpaired) electrons. The minimum Gasteiger partial charge on any atom is -0.232 e. The van der Waals surface area contributed by atoms with Crippen molar-refractivity contribution >= 4 is 39.5 Å². The second-order valence-corrected chi connectivity index (χ2v) is 5.73. The quantitative estimate of drug-likeness (QED) is 0.733. The van der Waals surface area contributed by atoms with E-state index in [1.165, 1.54) is 6.07 Å². The standard InChI is InChI=1S/C14H10BrClFN3/c15-11-5-6-18-20-13(16)8-10(19-14(11)20)7-9-3-1-2-4-12(9)17/h1-4,6,8H,5,7H2. The number of rotatable bonds is 2. The summed E-state index contributed by atoms with van der Waals surface area (Å²) in [5.41, 5.74) is 1.30. The molecule has 0 aromatic heterocycles. The highest BCUT2D eigenvalue weighted by molar-refractivity contribution is 9.11. The summed E-state index contributed by atoms with van der Waals surface area (Å²) in [6, 6.07) is 6.66. The van der Waals surface area contributed by atoms with E-state index in [-0.39, 0.29) is 5.82 Å². The number of hydrogen-bond donors (Lipinski definition) is 0. The Hall–Kier alpha value is -1.46. The molecule has 2 aliphatic rings. The lowest BCUT2D eigenvalue weighted by molar-refractivity contribution is 0.466. The van der Waals surface area contributed by atoms with Gasteiger partial charge in [0, 0.05) is 23.5 Å². The monoisotopic (exact) mass is 353 g/mol. The van der Waals surface area contributed by atoms with E-state index < -0.39 is 0 Å². The first kappa shape index (κ1) is 13.5. The SMILES string of the molecule is Fc1ccccc1CC1=NC2=C(Br)CC=NN2C(Cl)=C1. The van der Waals surface area contributed by atoms with Crippen molar-refractivity contribution in [3.63, 3.8) is 0 Å². The van der Waals surface area contributed by atoms with Crippen LogP contribution in [-0.2, 0) is 6.42 Å². The predicted octanol–water partition coefficient (Wildman–Crippen LogP) is 4.16. The van der Waals surface area contributed by atoms with Crippen molar-refractivity contribution in [1.82, 2.24) is 5.01 Å². The van der Waals surface area contributed by atoms with Gasteiger partial charge in [-0.2, -0.15) is 5.10 Å². The molecule has 1 aromatic rings. The van der Waals surface area contributed by atoms with E-state index in [1.54, 1.807) is 35.5 Å². The lowest BCUT2D eigenvalue weighted by Gasteiger charge is -2.26. The molecule has 0 saturated heterocycles. The topological polar surface area (TPSA) is 28.0 Å². The zero-order valence-electron chi connectivity index (χ0n) is 10.4. The summed E-state index contributed by atoms with van der Waals surface area (Å²) >= 11 is 9.66. The largest absolute Gasteiger partial charge is 0.232 e. The number of nitrogens with zero attached hydrogens (tertiary/aromatic N) is 3. The van der Waals surface area contributed by atoms with Crippen molar-refractivity contribution in [1.29, 1.82) is 0 Å². The summed E-state index contributed by atoms with van der Waals surface area (Å²) in [7, 11) is 0. The number of hydrogen-bond acceptors (Lipinski definition) is 3. The van der Waals surface area contributed by atoms with Crippen LogP contribution in [0.3, 0.4) is 0 Å². The van der Waals surface area contributed by atoms with Crippen molar-refractivity contribution in [3.8, 4) is 0 Å². The van der Waals surface area contributed by atoms with Crippen LogP contribution in [-0.4, -0.2) is 16.9 Å². The molecular formula is C14H10BrClFN3. The third-order valence-corrected chi connectivity index (χ3v) is 3.93. The van der Waals surface area contributed by atoms with Crippen molar-refractivity contribution in [2.75, 3.05) is 0 Å². The maximum atomic E-state index is 13.7. The van der Waals surface area contributed by atoms with Gasteiger partial charge in [-0.1, -0.05) is 45.7 Å². The van der Waals surface area contributed by atoms with Crippen LogP contribution in [0.15, 0.2) is 55.9 Å². The van der Waals surface area contributed by atoms with Crippen molar-refractivity contribution in [3.05, 3.63) is 57.2 Å². The fourth-order valence-electron chi connectivity index (χ4n) is 2.02. The maximum absolute atomic E-state index is 13.7. The van der Waals surface area contributed by atoms with E-state index in [1.807, 2.05) is 0 Å². The van der Waals surface area contributed by atoms with E-state index >= 15 is 0 Å². The fourth-order valence-corrected chi connectivity index (χ4v) is 2.67. The third kappa shape index (κ3) is 2.55. The van der Waals surface area contributed by atoms with Gasteiger partial charge in [-0.3, -0.25) is 0 Å². The Bertz CT molecular complexity index is 679. The smallest absolute Gasteiger partial charge is 0.165 e. The molecule has 0 bridgehead atoms. The molecule has 0 saturated carbocycles. The van der Waals surface area contributed by atoms with E-state index in [4.69, 9.17) is 11.6 Å². The van der Waals surface area contributed by atoms with Gasteiger partial charge in [0.15, 0.2) is 5.82 Å². The van der Waals surface area contributed by atoms with Gasteiger partial charge in [0.05, 0.1) is 5.71 Å². The summed E-state index contributed by atoms with van der Waals surface area (Å²) in [5, 5.41) is 6.19. The zero-order chi connectivity index (χ0) is 14.1. The molecule has 2 heterocycles. The molecule has 0 amide bonds. The van der Waals surface area contributed by atoms with Gasteiger partial charge in [-0.05, 0) is 17.7 Å². The average Bonchev–Trinajstić information content (AvgIpc) is 2.43. The second-order valence-electron chi connectivity index (χ2n) is 4.38. The van der Waals surface area contributed by atoms with Crippen LogP contribution >= 0.6 is 27.5 Å². The van der Waals surface area contributed by atoms with Crippen LogP contribution in [0.2, 0.25) is 0 Å². The van der Waals surface area contributed by atoms with Gasteiger partial charge >= 0.3 is 0 Å². The Morgan fingerprint density at radius 3 is 2.95 bits per heavy atom. The number of fused-ring (bicyclic) bond motifs is 1. The number of hydrazone groups is 1. The molecule has 0 aliphatic carbocycles. The van der Waals surface area contributed by atoms with E-state index in [9.17, 15) is 4.39 Å². The molecule has 2 aliphatic heterocycles. The van der Waals surface area contributed by atoms with Crippen LogP contribution in [0, 0.1) is 5.82 Å². The lowest BCUT2D eigenvalue weighted by atomic mass is 10.1. The van der Waals surface area contributed by atoms with Gasteiger partial charge in [-0.15, -0.1) is 0 Å². The molecule has 3 nitrogen and oxygen atoms in total. The molecule has 0 fully saturated rings. The Labute approximate surface area is 129 Å². The maximum Gasteiger partial charge on any atom is 0.165 e. The summed E-state index contributed by atoms with van der Waals surface area (Å²) < 4.78 is 14.6. The number of allylic oxidation sites excluding steroid dienone is 2. The molecule has 20 heavy (non-hydrogen) atoms. The highest BCUT2D eigenvalue weighted by atomic mass is 79.9. The van der Waals surface area contributed by atoms with E-state index in [0.29, 0.717) is 35.1 Å². The minimum absolute atomic E-state index is 0.239. The molecule has 0 unspecified atom stereocenters. The Morgan fingerprint density at radius 2 is 2.15 bits per heavy atom. The van der Waals surface area contributed by atoms with Gasteiger partial charge < -0.3 is 0 Å². The molecule has 0 spiro atoms. The predicted molar refractivity (Wildman–Crippen MR) is 82.4 cm³/mol. The fraction of sp³-hybridized carbons (Fsp3) is 0.143. The zero-order valence-corrected chi connectivity index (χ0v) is 12.7. The summed E-state index contributed by atoms with van der Waals surface area (Å²) in [5.74, 6) is 0.420. The van der Waals surface area contributed by atoms with Gasteiger partial charge in [-0.25, -0.2) is 14.4 Å². The first-order valence-electron chi connectivity index (χ1n) is 6.04. The van der Waals surface area contributed by atoms with Gasteiger partial charge in [0.25, 0.3) is 0 Å². The molecule has 3 rings (SSSR count). The number of aliphatic imine (C=N–C) groups is 1. The summed E-state index contributed by atoms with van der Waals surface area (Å²) in [4.78, 5) is 4.51. The number of halogens is 3. The second kappa shape index (κ2) is 5.50. The molecule has 6 heteroatoms. The molecule has 0 N–H and O–H groups in total. The minimum atomic E-state index is -0.239. The Balaban J connectivity index is 1.94. The lowest BCUT2D eigenvalue weighted by Crippen LogP contribution is -2.23. The highest BCUT2D eigenvalue weighted by Gasteiger charge is 2.23. The van der Waals surface area contributed by atoms with Crippen molar-refractivity contribution in [2.24, 2.45) is 10.1 Å². The van der Waals surface area contributed by atoms with Gasteiger partial charge in [0.2, 0.25) is 0 Å². The number of benzene rings is 1. The highest BCUT2D eigenvalue weighted by Crippen LogP contribution is 2.32.